The highest BCUT2D eigenvalue weighted by Gasteiger charge is 2.13. The van der Waals surface area contributed by atoms with Crippen molar-refractivity contribution in [1.82, 2.24) is 19.6 Å². The van der Waals surface area contributed by atoms with E-state index in [1.807, 2.05) is 22.2 Å². The largest absolute Gasteiger partial charge is 0.480 e. The van der Waals surface area contributed by atoms with Crippen molar-refractivity contribution >= 4 is 16.3 Å². The average Bonchev–Trinajstić information content (AvgIpc) is 2.99. The van der Waals surface area contributed by atoms with Gasteiger partial charge in [-0.2, -0.15) is 0 Å². The highest BCUT2D eigenvalue weighted by Crippen LogP contribution is 2.18. The molecule has 0 spiro atoms. The standard InChI is InChI=1S/C12H12N4O2S/c1-18-11-3-2-9(14-15-11)10(17)6-8-7-16-4-5-19-12(16)13-8/h2-5,7,10,17H,6H2,1H3. The van der Waals surface area contributed by atoms with Crippen LogP contribution in [0.25, 0.3) is 4.96 Å². The molecule has 0 radical (unpaired) electrons. The Balaban J connectivity index is 1.76. The van der Waals surface area contributed by atoms with Gasteiger partial charge in [0.2, 0.25) is 5.88 Å². The molecular weight excluding hydrogens is 264 g/mol. The van der Waals surface area contributed by atoms with Crippen LogP contribution in [0, 0.1) is 0 Å². The van der Waals surface area contributed by atoms with Crippen molar-refractivity contribution in [2.75, 3.05) is 7.11 Å². The summed E-state index contributed by atoms with van der Waals surface area (Å²) in [5, 5.41) is 19.8. The van der Waals surface area contributed by atoms with E-state index < -0.39 is 6.10 Å². The summed E-state index contributed by atoms with van der Waals surface area (Å²) >= 11 is 1.56. The molecule has 3 aromatic heterocycles. The molecular formula is C12H12N4O2S. The number of aromatic nitrogens is 4. The summed E-state index contributed by atoms with van der Waals surface area (Å²) in [6.45, 7) is 0. The Morgan fingerprint density at radius 1 is 1.42 bits per heavy atom. The Kier molecular flexibility index (Phi) is 3.14. The smallest absolute Gasteiger partial charge is 0.233 e. The van der Waals surface area contributed by atoms with Crippen molar-refractivity contribution in [1.29, 1.82) is 0 Å². The number of hydrogen-bond donors (Lipinski definition) is 1. The van der Waals surface area contributed by atoms with E-state index in [0.717, 1.165) is 10.7 Å². The molecule has 0 bridgehead atoms. The summed E-state index contributed by atoms with van der Waals surface area (Å²) in [6, 6.07) is 3.38. The van der Waals surface area contributed by atoms with Gasteiger partial charge in [-0.3, -0.25) is 4.40 Å². The lowest BCUT2D eigenvalue weighted by atomic mass is 10.1. The van der Waals surface area contributed by atoms with Crippen LogP contribution >= 0.6 is 11.3 Å². The van der Waals surface area contributed by atoms with Gasteiger partial charge in [0, 0.05) is 30.3 Å². The first-order chi connectivity index (χ1) is 9.26. The van der Waals surface area contributed by atoms with Gasteiger partial charge in [-0.15, -0.1) is 21.5 Å². The predicted octanol–water partition coefficient (Wildman–Crippen LogP) is 1.47. The fourth-order valence-corrected chi connectivity index (χ4v) is 2.51. The highest BCUT2D eigenvalue weighted by molar-refractivity contribution is 7.15. The number of aliphatic hydroxyl groups excluding tert-OH is 1. The van der Waals surface area contributed by atoms with Crippen molar-refractivity contribution in [2.45, 2.75) is 12.5 Å². The molecule has 19 heavy (non-hydrogen) atoms. The molecule has 0 saturated carbocycles. The molecule has 1 unspecified atom stereocenters. The van der Waals surface area contributed by atoms with Crippen molar-refractivity contribution in [3.8, 4) is 5.88 Å². The van der Waals surface area contributed by atoms with Crippen LogP contribution in [0.3, 0.4) is 0 Å². The Morgan fingerprint density at radius 3 is 3.00 bits per heavy atom. The fraction of sp³-hybridized carbons (Fsp3) is 0.250. The van der Waals surface area contributed by atoms with E-state index in [1.165, 1.54) is 7.11 Å². The molecule has 3 rings (SSSR count). The molecule has 1 atom stereocenters. The zero-order valence-corrected chi connectivity index (χ0v) is 11.0. The molecule has 0 aliphatic carbocycles. The number of aliphatic hydroxyl groups is 1. The molecule has 0 aromatic carbocycles. The molecule has 7 heteroatoms. The lowest BCUT2D eigenvalue weighted by Gasteiger charge is -2.07. The van der Waals surface area contributed by atoms with E-state index in [4.69, 9.17) is 4.74 Å². The second-order valence-electron chi connectivity index (χ2n) is 4.05. The van der Waals surface area contributed by atoms with Gasteiger partial charge < -0.3 is 9.84 Å². The van der Waals surface area contributed by atoms with Gasteiger partial charge in [0.1, 0.15) is 6.10 Å². The van der Waals surface area contributed by atoms with Crippen molar-refractivity contribution in [3.05, 3.63) is 41.3 Å². The van der Waals surface area contributed by atoms with E-state index in [2.05, 4.69) is 15.2 Å². The van der Waals surface area contributed by atoms with Crippen LogP contribution in [0.15, 0.2) is 29.9 Å². The monoisotopic (exact) mass is 276 g/mol. The third kappa shape index (κ3) is 2.42. The third-order valence-electron chi connectivity index (χ3n) is 2.76. The number of imidazole rings is 1. The lowest BCUT2D eigenvalue weighted by Crippen LogP contribution is -2.06. The first kappa shape index (κ1) is 12.1. The van der Waals surface area contributed by atoms with Crippen LogP contribution in [0.4, 0.5) is 0 Å². The molecule has 3 heterocycles. The zero-order chi connectivity index (χ0) is 13.2. The first-order valence-corrected chi connectivity index (χ1v) is 6.61. The van der Waals surface area contributed by atoms with Crippen molar-refractivity contribution < 1.29 is 9.84 Å². The van der Waals surface area contributed by atoms with E-state index in [-0.39, 0.29) is 0 Å². The Hall–Kier alpha value is -1.99. The SMILES string of the molecule is COc1ccc(C(O)Cc2cn3ccsc3n2)nn1. The van der Waals surface area contributed by atoms with Crippen LogP contribution in [-0.4, -0.2) is 31.8 Å². The number of methoxy groups -OCH3 is 1. The maximum atomic E-state index is 10.1. The second kappa shape index (κ2) is 4.94. The summed E-state index contributed by atoms with van der Waals surface area (Å²) in [7, 11) is 1.53. The van der Waals surface area contributed by atoms with Gasteiger partial charge in [0.15, 0.2) is 4.96 Å². The van der Waals surface area contributed by atoms with E-state index in [0.29, 0.717) is 18.0 Å². The molecule has 1 N–H and O–H groups in total. The molecule has 0 saturated heterocycles. The van der Waals surface area contributed by atoms with Crippen molar-refractivity contribution in [2.24, 2.45) is 0 Å². The van der Waals surface area contributed by atoms with Crippen LogP contribution in [0.2, 0.25) is 0 Å². The maximum absolute atomic E-state index is 10.1. The summed E-state index contributed by atoms with van der Waals surface area (Å²) in [4.78, 5) is 5.34. The average molecular weight is 276 g/mol. The lowest BCUT2D eigenvalue weighted by molar-refractivity contribution is 0.171. The minimum atomic E-state index is -0.719. The van der Waals surface area contributed by atoms with Gasteiger partial charge in [-0.1, -0.05) is 0 Å². The number of thiazole rings is 1. The summed E-state index contributed by atoms with van der Waals surface area (Å²) < 4.78 is 6.86. The van der Waals surface area contributed by atoms with E-state index >= 15 is 0 Å². The van der Waals surface area contributed by atoms with Gasteiger partial charge in [-0.05, 0) is 6.07 Å². The maximum Gasteiger partial charge on any atom is 0.233 e. The number of hydrogen-bond acceptors (Lipinski definition) is 6. The molecule has 3 aromatic rings. The van der Waals surface area contributed by atoms with Crippen LogP contribution < -0.4 is 4.74 Å². The van der Waals surface area contributed by atoms with Gasteiger partial charge in [-0.25, -0.2) is 4.98 Å². The van der Waals surface area contributed by atoms with Gasteiger partial charge in [0.05, 0.1) is 18.5 Å². The second-order valence-corrected chi connectivity index (χ2v) is 4.92. The predicted molar refractivity (Wildman–Crippen MR) is 70.3 cm³/mol. The quantitative estimate of drug-likeness (QED) is 0.781. The minimum absolute atomic E-state index is 0.412. The van der Waals surface area contributed by atoms with E-state index in [1.54, 1.807) is 23.5 Å². The van der Waals surface area contributed by atoms with Crippen LogP contribution in [0.1, 0.15) is 17.5 Å². The molecule has 98 valence electrons. The third-order valence-corrected chi connectivity index (χ3v) is 3.53. The Bertz CT molecular complexity index is 648. The topological polar surface area (TPSA) is 72.5 Å². The normalized spacial score (nSPS) is 12.7. The van der Waals surface area contributed by atoms with E-state index in [9.17, 15) is 5.11 Å². The van der Waals surface area contributed by atoms with Gasteiger partial charge in [0.25, 0.3) is 0 Å². The Morgan fingerprint density at radius 2 is 2.32 bits per heavy atom. The van der Waals surface area contributed by atoms with Crippen LogP contribution in [-0.2, 0) is 6.42 Å². The molecule has 6 nitrogen and oxygen atoms in total. The molecule has 0 aliphatic rings. The highest BCUT2D eigenvalue weighted by atomic mass is 32.1. The first-order valence-electron chi connectivity index (χ1n) is 5.73. The number of fused-ring (bicyclic) bond motifs is 1. The zero-order valence-electron chi connectivity index (χ0n) is 10.2. The summed E-state index contributed by atoms with van der Waals surface area (Å²) in [5.41, 5.74) is 1.34. The summed E-state index contributed by atoms with van der Waals surface area (Å²) in [5.74, 6) is 0.429. The number of rotatable bonds is 4. The number of ether oxygens (including phenoxy) is 1. The minimum Gasteiger partial charge on any atom is -0.480 e. The molecule has 0 fully saturated rings. The molecule has 0 amide bonds. The fourth-order valence-electron chi connectivity index (χ4n) is 1.79. The van der Waals surface area contributed by atoms with Gasteiger partial charge >= 0.3 is 0 Å². The molecule has 0 aliphatic heterocycles. The van der Waals surface area contributed by atoms with Crippen LogP contribution in [0.5, 0.6) is 5.88 Å². The Labute approximate surface area is 113 Å². The summed E-state index contributed by atoms with van der Waals surface area (Å²) in [6.07, 6.45) is 3.54. The van der Waals surface area contributed by atoms with Crippen molar-refractivity contribution in [3.63, 3.8) is 0 Å². The number of nitrogens with zero attached hydrogens (tertiary/aromatic N) is 4.